The van der Waals surface area contributed by atoms with Gasteiger partial charge in [-0.15, -0.1) is 5.26 Å². The zero-order chi connectivity index (χ0) is 19.6. The summed E-state index contributed by atoms with van der Waals surface area (Å²) >= 11 is 0. The van der Waals surface area contributed by atoms with Crippen molar-refractivity contribution in [1.82, 2.24) is 0 Å². The lowest BCUT2D eigenvalue weighted by Gasteiger charge is -2.09. The van der Waals surface area contributed by atoms with Crippen molar-refractivity contribution in [3.05, 3.63) is 54.1 Å². The molecule has 0 radical (unpaired) electrons. The van der Waals surface area contributed by atoms with Gasteiger partial charge in [-0.1, -0.05) is 12.1 Å². The SMILES string of the molecule is N#COc1ccc(/C=C/C(=O)OCCC(=O)Nc2cc(N)ccc2N)cc1. The number of anilines is 3. The number of nitrogens with two attached hydrogens (primary N) is 2. The summed E-state index contributed by atoms with van der Waals surface area (Å²) in [5, 5.41) is 11.0. The fraction of sp³-hybridized carbons (Fsp3) is 0.105. The van der Waals surface area contributed by atoms with Crippen LogP contribution in [0.15, 0.2) is 48.5 Å². The summed E-state index contributed by atoms with van der Waals surface area (Å²) in [5.74, 6) is -0.523. The van der Waals surface area contributed by atoms with Crippen LogP contribution in [-0.4, -0.2) is 18.5 Å². The van der Waals surface area contributed by atoms with Crippen molar-refractivity contribution in [3.63, 3.8) is 0 Å². The average Bonchev–Trinajstić information content (AvgIpc) is 2.64. The number of carbonyl (C=O) groups is 2. The Balaban J connectivity index is 1.76. The van der Waals surface area contributed by atoms with Crippen LogP contribution in [0.4, 0.5) is 17.1 Å². The first-order chi connectivity index (χ1) is 13.0. The molecule has 2 aromatic rings. The van der Waals surface area contributed by atoms with E-state index in [0.717, 1.165) is 5.56 Å². The third-order valence-corrected chi connectivity index (χ3v) is 3.38. The number of esters is 1. The molecule has 0 bridgehead atoms. The van der Waals surface area contributed by atoms with E-state index < -0.39 is 5.97 Å². The molecule has 0 spiro atoms. The van der Waals surface area contributed by atoms with Crippen LogP contribution in [0.5, 0.6) is 5.75 Å². The van der Waals surface area contributed by atoms with Gasteiger partial charge in [0, 0.05) is 11.8 Å². The molecule has 0 heterocycles. The van der Waals surface area contributed by atoms with Crippen LogP contribution in [0.3, 0.4) is 0 Å². The minimum absolute atomic E-state index is 0.0198. The maximum Gasteiger partial charge on any atom is 0.330 e. The van der Waals surface area contributed by atoms with Crippen LogP contribution in [-0.2, 0) is 14.3 Å². The van der Waals surface area contributed by atoms with Crippen molar-refractivity contribution >= 4 is 35.0 Å². The number of nitrogens with one attached hydrogen (secondary N) is 1. The summed E-state index contributed by atoms with van der Waals surface area (Å²) < 4.78 is 9.63. The van der Waals surface area contributed by atoms with Gasteiger partial charge in [0.1, 0.15) is 12.4 Å². The lowest BCUT2D eigenvalue weighted by atomic mass is 10.2. The van der Waals surface area contributed by atoms with Gasteiger partial charge in [-0.2, -0.15) is 0 Å². The molecule has 0 saturated carbocycles. The second-order valence-corrected chi connectivity index (χ2v) is 5.41. The highest BCUT2D eigenvalue weighted by Crippen LogP contribution is 2.21. The van der Waals surface area contributed by atoms with E-state index in [9.17, 15) is 9.59 Å². The van der Waals surface area contributed by atoms with Crippen molar-refractivity contribution in [3.8, 4) is 12.0 Å². The highest BCUT2D eigenvalue weighted by Gasteiger charge is 2.07. The average molecular weight is 366 g/mol. The quantitative estimate of drug-likeness (QED) is 0.295. The number of nitriles is 1. The lowest BCUT2D eigenvalue weighted by Crippen LogP contribution is -2.16. The fourth-order valence-corrected chi connectivity index (χ4v) is 2.05. The number of rotatable bonds is 7. The molecule has 138 valence electrons. The topological polar surface area (TPSA) is 140 Å². The van der Waals surface area contributed by atoms with Crippen LogP contribution in [0.25, 0.3) is 6.08 Å². The molecule has 0 aliphatic carbocycles. The molecule has 0 fully saturated rings. The number of nitrogens with zero attached hydrogens (tertiary/aromatic N) is 1. The third-order valence-electron chi connectivity index (χ3n) is 3.38. The molecular weight excluding hydrogens is 348 g/mol. The summed E-state index contributed by atoms with van der Waals surface area (Å²) in [7, 11) is 0. The first-order valence-corrected chi connectivity index (χ1v) is 7.93. The van der Waals surface area contributed by atoms with Crippen molar-refractivity contribution in [1.29, 1.82) is 5.26 Å². The van der Waals surface area contributed by atoms with E-state index in [1.54, 1.807) is 54.8 Å². The number of ether oxygens (including phenoxy) is 2. The van der Waals surface area contributed by atoms with Crippen LogP contribution < -0.4 is 21.5 Å². The van der Waals surface area contributed by atoms with Gasteiger partial charge < -0.3 is 26.3 Å². The largest absolute Gasteiger partial charge is 0.462 e. The first kappa shape index (κ1) is 19.3. The van der Waals surface area contributed by atoms with E-state index in [1.807, 2.05) is 0 Å². The Morgan fingerprint density at radius 3 is 2.59 bits per heavy atom. The molecule has 1 amide bonds. The molecule has 0 saturated heterocycles. The van der Waals surface area contributed by atoms with Crippen LogP contribution in [0.2, 0.25) is 0 Å². The molecule has 8 nitrogen and oxygen atoms in total. The molecule has 2 aromatic carbocycles. The van der Waals surface area contributed by atoms with Crippen LogP contribution in [0, 0.1) is 11.5 Å². The van der Waals surface area contributed by atoms with Gasteiger partial charge in [-0.3, -0.25) is 4.79 Å². The first-order valence-electron chi connectivity index (χ1n) is 7.93. The third kappa shape index (κ3) is 6.43. The predicted molar refractivity (Wildman–Crippen MR) is 101 cm³/mol. The second kappa shape index (κ2) is 9.48. The number of benzene rings is 2. The minimum Gasteiger partial charge on any atom is -0.462 e. The van der Waals surface area contributed by atoms with Gasteiger partial charge in [0.15, 0.2) is 0 Å². The molecule has 0 unspecified atom stereocenters. The number of hydrogen-bond donors (Lipinski definition) is 3. The van der Waals surface area contributed by atoms with E-state index >= 15 is 0 Å². The van der Waals surface area contributed by atoms with Crippen molar-refractivity contribution in [2.75, 3.05) is 23.4 Å². The Kier molecular flexibility index (Phi) is 6.79. The molecule has 8 heteroatoms. The Hall–Kier alpha value is -3.99. The number of hydrogen-bond acceptors (Lipinski definition) is 7. The van der Waals surface area contributed by atoms with E-state index in [2.05, 4.69) is 10.1 Å². The summed E-state index contributed by atoms with van der Waals surface area (Å²) in [6, 6.07) is 11.3. The van der Waals surface area contributed by atoms with Crippen molar-refractivity contribution < 1.29 is 19.1 Å². The molecular formula is C19H18N4O4. The minimum atomic E-state index is -0.580. The van der Waals surface area contributed by atoms with E-state index in [4.69, 9.17) is 21.5 Å². The maximum atomic E-state index is 11.9. The molecule has 0 aliphatic rings. The number of nitrogen functional groups attached to an aromatic ring is 2. The molecule has 0 aromatic heterocycles. The van der Waals surface area contributed by atoms with Crippen LogP contribution in [0.1, 0.15) is 12.0 Å². The van der Waals surface area contributed by atoms with Gasteiger partial charge in [-0.25, -0.2) is 4.79 Å². The van der Waals surface area contributed by atoms with E-state index in [1.165, 1.54) is 6.08 Å². The van der Waals surface area contributed by atoms with Crippen molar-refractivity contribution in [2.24, 2.45) is 0 Å². The smallest absolute Gasteiger partial charge is 0.330 e. The normalized spacial score (nSPS) is 10.2. The molecule has 2 rings (SSSR count). The van der Waals surface area contributed by atoms with Crippen LogP contribution >= 0.6 is 0 Å². The Bertz CT molecular complexity index is 886. The maximum absolute atomic E-state index is 11.9. The Labute approximate surface area is 156 Å². The summed E-state index contributed by atoms with van der Waals surface area (Å²) in [4.78, 5) is 23.5. The molecule has 0 atom stereocenters. The second-order valence-electron chi connectivity index (χ2n) is 5.41. The summed E-state index contributed by atoms with van der Waals surface area (Å²) in [5.41, 5.74) is 13.4. The monoisotopic (exact) mass is 366 g/mol. The van der Waals surface area contributed by atoms with Gasteiger partial charge in [0.05, 0.1) is 17.8 Å². The van der Waals surface area contributed by atoms with E-state index in [-0.39, 0.29) is 18.9 Å². The number of amides is 1. The molecule has 27 heavy (non-hydrogen) atoms. The fourth-order valence-electron chi connectivity index (χ4n) is 2.05. The van der Waals surface area contributed by atoms with Gasteiger partial charge >= 0.3 is 5.97 Å². The van der Waals surface area contributed by atoms with Gasteiger partial charge in [-0.05, 0) is 42.0 Å². The lowest BCUT2D eigenvalue weighted by molar-refractivity contribution is -0.138. The Morgan fingerprint density at radius 1 is 1.15 bits per heavy atom. The summed E-state index contributed by atoms with van der Waals surface area (Å²) in [6.07, 6.45) is 4.34. The highest BCUT2D eigenvalue weighted by molar-refractivity contribution is 5.94. The molecule has 5 N–H and O–H groups in total. The number of carbonyl (C=O) groups excluding carboxylic acids is 2. The van der Waals surface area contributed by atoms with Gasteiger partial charge in [0.25, 0.3) is 6.26 Å². The van der Waals surface area contributed by atoms with Crippen molar-refractivity contribution in [2.45, 2.75) is 6.42 Å². The summed E-state index contributed by atoms with van der Waals surface area (Å²) in [6.45, 7) is -0.0772. The zero-order valence-corrected chi connectivity index (χ0v) is 14.3. The van der Waals surface area contributed by atoms with Gasteiger partial charge in [0.2, 0.25) is 5.91 Å². The highest BCUT2D eigenvalue weighted by atomic mass is 16.5. The zero-order valence-electron chi connectivity index (χ0n) is 14.3. The molecule has 0 aliphatic heterocycles. The predicted octanol–water partition coefficient (Wildman–Crippen LogP) is 2.30. The standard InChI is InChI=1S/C19H18N4O4/c20-12-27-15-5-1-13(2-6-15)3-8-19(25)26-10-9-18(24)23-17-11-14(21)4-7-16(17)22/h1-8,11H,9-10,21-22H2,(H,23,24)/b8-3+. The van der Waals surface area contributed by atoms with E-state index in [0.29, 0.717) is 22.8 Å². The Morgan fingerprint density at radius 2 is 1.89 bits per heavy atom.